The predicted octanol–water partition coefficient (Wildman–Crippen LogP) is 5.01. The maximum absolute atomic E-state index is 5.89. The third-order valence-corrected chi connectivity index (χ3v) is 5.01. The van der Waals surface area contributed by atoms with Crippen LogP contribution in [-0.2, 0) is 6.16 Å². The maximum Gasteiger partial charge on any atom is 0.0508 e. The van der Waals surface area contributed by atoms with E-state index in [1.807, 2.05) is 0 Å². The van der Waals surface area contributed by atoms with Gasteiger partial charge in [0.25, 0.3) is 0 Å². The normalized spacial score (nSPS) is 11.9. The molecule has 0 fully saturated rings. The van der Waals surface area contributed by atoms with Crippen molar-refractivity contribution < 1.29 is 0 Å². The van der Waals surface area contributed by atoms with E-state index in [9.17, 15) is 0 Å². The zero-order chi connectivity index (χ0) is 10.9. The summed E-state index contributed by atoms with van der Waals surface area (Å²) < 4.78 is 0. The molecule has 0 aliphatic heterocycles. The number of unbranched alkanes of at least 4 members (excludes halogenated alkanes) is 6. The minimum absolute atomic E-state index is 0.0756. The summed E-state index contributed by atoms with van der Waals surface area (Å²) in [5.74, 6) is 2.29. The van der Waals surface area contributed by atoms with Gasteiger partial charge in [-0.3, -0.25) is 0 Å². The Hall–Kier alpha value is -0.420. The fourth-order valence-electron chi connectivity index (χ4n) is 1.87. The van der Waals surface area contributed by atoms with Crippen LogP contribution in [-0.4, -0.2) is 0 Å². The third-order valence-electron chi connectivity index (χ3n) is 2.87. The Labute approximate surface area is 95.1 Å². The van der Waals surface area contributed by atoms with E-state index < -0.39 is 0 Å². The molecule has 0 amide bonds. The Kier molecular flexibility index (Phi) is 6.59. The Morgan fingerprint density at radius 1 is 1.07 bits per heavy atom. The molecule has 0 aliphatic rings. The number of nitrogens with two attached hydrogens (primary N) is 1. The highest BCUT2D eigenvalue weighted by Gasteiger charge is 1.97. The van der Waals surface area contributed by atoms with Crippen LogP contribution < -0.4 is 5.73 Å². The summed E-state index contributed by atoms with van der Waals surface area (Å²) in [6.07, 6.45) is 11.1. The average molecular weight is 225 g/mol. The van der Waals surface area contributed by atoms with E-state index in [1.165, 1.54) is 51.1 Å². The molecule has 1 nitrogen and oxygen atoms in total. The molecule has 0 saturated heterocycles. The standard InChI is InChI=1S/C13H24NP/c1-2-3-4-5-6-7-8-11-15-12-9-10-13(15)14/h9-10,12H,2-8,11,14H2,1H3. The summed E-state index contributed by atoms with van der Waals surface area (Å²) in [6, 6.07) is 4.18. The molecule has 1 heterocycles. The summed E-state index contributed by atoms with van der Waals surface area (Å²) in [6.45, 7) is 2.27. The van der Waals surface area contributed by atoms with Crippen molar-refractivity contribution in [2.45, 2.75) is 58.0 Å². The molecule has 2 N–H and O–H groups in total. The van der Waals surface area contributed by atoms with E-state index in [-0.39, 0.29) is 7.53 Å². The van der Waals surface area contributed by atoms with Crippen LogP contribution >= 0.6 is 7.53 Å². The van der Waals surface area contributed by atoms with E-state index >= 15 is 0 Å². The second kappa shape index (κ2) is 7.82. The molecule has 0 spiro atoms. The molecule has 1 aromatic rings. The first kappa shape index (κ1) is 12.6. The van der Waals surface area contributed by atoms with Crippen molar-refractivity contribution in [3.63, 3.8) is 0 Å². The lowest BCUT2D eigenvalue weighted by atomic mass is 10.1. The molecule has 0 aromatic carbocycles. The topological polar surface area (TPSA) is 26.0 Å². The van der Waals surface area contributed by atoms with Gasteiger partial charge in [0.1, 0.15) is 0 Å². The number of nitrogen functional groups attached to an aromatic ring is 1. The molecule has 1 atom stereocenters. The van der Waals surface area contributed by atoms with Gasteiger partial charge in [-0.15, -0.1) is 7.53 Å². The zero-order valence-corrected chi connectivity index (χ0v) is 10.8. The fourth-order valence-corrected chi connectivity index (χ4v) is 3.59. The monoisotopic (exact) mass is 225 g/mol. The Bertz CT molecular complexity index is 255. The molecule has 1 rings (SSSR count). The largest absolute Gasteiger partial charge is 0.396 e. The molecule has 1 unspecified atom stereocenters. The zero-order valence-electron chi connectivity index (χ0n) is 9.91. The summed E-state index contributed by atoms with van der Waals surface area (Å²) in [5, 5.41) is 0. The van der Waals surface area contributed by atoms with Crippen LogP contribution in [0, 0.1) is 0 Å². The summed E-state index contributed by atoms with van der Waals surface area (Å²) in [4.78, 5) is 0. The van der Waals surface area contributed by atoms with Crippen molar-refractivity contribution in [3.8, 4) is 0 Å². The van der Waals surface area contributed by atoms with Gasteiger partial charge in [-0.1, -0.05) is 51.5 Å². The van der Waals surface area contributed by atoms with Gasteiger partial charge in [0.2, 0.25) is 0 Å². The van der Waals surface area contributed by atoms with Crippen LogP contribution in [0.2, 0.25) is 0 Å². The summed E-state index contributed by atoms with van der Waals surface area (Å²) >= 11 is 0. The van der Waals surface area contributed by atoms with Crippen LogP contribution in [0.5, 0.6) is 0 Å². The molecular formula is C13H24NP. The highest BCUT2D eigenvalue weighted by Crippen LogP contribution is 2.38. The van der Waals surface area contributed by atoms with Crippen LogP contribution in [0.3, 0.4) is 0 Å². The predicted molar refractivity (Wildman–Crippen MR) is 71.6 cm³/mol. The van der Waals surface area contributed by atoms with Gasteiger partial charge in [0.05, 0.1) is 5.42 Å². The number of anilines is 1. The second-order valence-corrected chi connectivity index (χ2v) is 6.45. The minimum Gasteiger partial charge on any atom is -0.396 e. The van der Waals surface area contributed by atoms with E-state index in [0.29, 0.717) is 0 Å². The van der Waals surface area contributed by atoms with E-state index in [1.54, 1.807) is 0 Å². The van der Waals surface area contributed by atoms with E-state index in [0.717, 1.165) is 5.42 Å². The lowest BCUT2D eigenvalue weighted by Crippen LogP contribution is -1.82. The van der Waals surface area contributed by atoms with Crippen LogP contribution in [0.25, 0.3) is 0 Å². The third kappa shape index (κ3) is 5.28. The molecular weight excluding hydrogens is 201 g/mol. The average Bonchev–Trinajstić information content (AvgIpc) is 2.63. The van der Waals surface area contributed by atoms with E-state index in [4.69, 9.17) is 5.73 Å². The molecule has 0 aliphatic carbocycles. The molecule has 2 heteroatoms. The Balaban J connectivity index is 1.96. The number of hydrogen-bond donors (Lipinski definition) is 1. The van der Waals surface area contributed by atoms with Crippen LogP contribution in [0.1, 0.15) is 51.9 Å². The molecule has 1 aromatic heterocycles. The van der Waals surface area contributed by atoms with Crippen molar-refractivity contribution in [1.29, 1.82) is 0 Å². The molecule has 86 valence electrons. The quantitative estimate of drug-likeness (QED) is 0.618. The molecule has 0 saturated carbocycles. The number of aryl methyl sites for hydroxylation is 1. The first-order chi connectivity index (χ1) is 7.34. The van der Waals surface area contributed by atoms with Gasteiger partial charge in [0, 0.05) is 0 Å². The van der Waals surface area contributed by atoms with Crippen molar-refractivity contribution in [2.75, 3.05) is 5.73 Å². The smallest absolute Gasteiger partial charge is 0.0508 e. The van der Waals surface area contributed by atoms with Crippen molar-refractivity contribution in [1.82, 2.24) is 0 Å². The van der Waals surface area contributed by atoms with Crippen LogP contribution in [0.15, 0.2) is 17.9 Å². The van der Waals surface area contributed by atoms with Gasteiger partial charge in [0.15, 0.2) is 0 Å². The Morgan fingerprint density at radius 3 is 2.33 bits per heavy atom. The lowest BCUT2D eigenvalue weighted by molar-refractivity contribution is 0.598. The number of hydrogen-bond acceptors (Lipinski definition) is 1. The molecule has 0 bridgehead atoms. The highest BCUT2D eigenvalue weighted by atomic mass is 31.1. The van der Waals surface area contributed by atoms with Gasteiger partial charge < -0.3 is 5.73 Å². The minimum atomic E-state index is -0.0756. The first-order valence-corrected chi connectivity index (χ1v) is 7.85. The Morgan fingerprint density at radius 2 is 1.73 bits per heavy atom. The summed E-state index contributed by atoms with van der Waals surface area (Å²) in [5.41, 5.74) is 7.01. The van der Waals surface area contributed by atoms with Gasteiger partial charge >= 0.3 is 0 Å². The fraction of sp³-hybridized carbons (Fsp3) is 0.692. The van der Waals surface area contributed by atoms with Crippen molar-refractivity contribution in [2.24, 2.45) is 0 Å². The van der Waals surface area contributed by atoms with Gasteiger partial charge in [-0.05, 0) is 24.4 Å². The first-order valence-electron chi connectivity index (χ1n) is 6.25. The molecule has 0 radical (unpaired) electrons. The van der Waals surface area contributed by atoms with Crippen LogP contribution in [0.4, 0.5) is 5.42 Å². The molecule has 15 heavy (non-hydrogen) atoms. The van der Waals surface area contributed by atoms with Crippen molar-refractivity contribution in [3.05, 3.63) is 17.9 Å². The van der Waals surface area contributed by atoms with Gasteiger partial charge in [-0.2, -0.15) is 0 Å². The van der Waals surface area contributed by atoms with Gasteiger partial charge in [-0.25, -0.2) is 0 Å². The van der Waals surface area contributed by atoms with E-state index in [2.05, 4.69) is 24.9 Å². The highest BCUT2D eigenvalue weighted by molar-refractivity contribution is 7.52. The lowest BCUT2D eigenvalue weighted by Gasteiger charge is -2.02. The maximum atomic E-state index is 5.89. The van der Waals surface area contributed by atoms with Crippen molar-refractivity contribution >= 4 is 13.0 Å². The second-order valence-electron chi connectivity index (χ2n) is 4.25. The summed E-state index contributed by atoms with van der Waals surface area (Å²) in [7, 11) is -0.0756. The number of rotatable bonds is 8. The SMILES string of the molecule is CCCCCCCCCp1cccc1N.